The summed E-state index contributed by atoms with van der Waals surface area (Å²) in [4.78, 5) is 23.5. The van der Waals surface area contributed by atoms with Crippen molar-refractivity contribution < 1.29 is 4.79 Å². The quantitative estimate of drug-likeness (QED) is 0.936. The minimum atomic E-state index is -0.00816. The van der Waals surface area contributed by atoms with E-state index in [1.165, 1.54) is 25.8 Å². The second-order valence-electron chi connectivity index (χ2n) is 6.34. The summed E-state index contributed by atoms with van der Waals surface area (Å²) in [6.07, 6.45) is 11.7. The lowest BCUT2D eigenvalue weighted by atomic mass is 9.99. The van der Waals surface area contributed by atoms with Crippen LogP contribution in [-0.2, 0) is 0 Å². The average molecular weight is 311 g/mol. The lowest BCUT2D eigenvalue weighted by molar-refractivity contribution is 0.0915. The Bertz CT molecular complexity index is 684. The number of hydrogen-bond acceptors (Lipinski definition) is 4. The fourth-order valence-corrected chi connectivity index (χ4v) is 3.76. The van der Waals surface area contributed by atoms with E-state index < -0.39 is 0 Å². The van der Waals surface area contributed by atoms with Crippen LogP contribution in [0.1, 0.15) is 36.0 Å². The molecular formula is C17H21N5O. The Kier molecular flexibility index (Phi) is 3.83. The fourth-order valence-electron chi connectivity index (χ4n) is 3.76. The molecule has 6 heteroatoms. The van der Waals surface area contributed by atoms with Gasteiger partial charge in [-0.05, 0) is 37.9 Å². The van der Waals surface area contributed by atoms with Crippen molar-refractivity contribution in [3.8, 4) is 5.82 Å². The van der Waals surface area contributed by atoms with Gasteiger partial charge in [-0.15, -0.1) is 0 Å². The number of fused-ring (bicyclic) bond motifs is 1. The van der Waals surface area contributed by atoms with Crippen molar-refractivity contribution in [3.05, 3.63) is 42.6 Å². The highest BCUT2D eigenvalue weighted by Crippen LogP contribution is 2.27. The highest BCUT2D eigenvalue weighted by atomic mass is 16.1. The molecule has 2 aromatic heterocycles. The largest absolute Gasteiger partial charge is 0.348 e. The number of carbonyl (C=O) groups is 1. The highest BCUT2D eigenvalue weighted by molar-refractivity contribution is 5.94. The van der Waals surface area contributed by atoms with Crippen LogP contribution in [0.2, 0.25) is 0 Å². The SMILES string of the molecule is O=C(NC1CCN2CCCCC12)c1ccnc(-n2ccnc2)c1. The Morgan fingerprint density at radius 1 is 1.22 bits per heavy atom. The van der Waals surface area contributed by atoms with Crippen molar-refractivity contribution in [1.29, 1.82) is 0 Å². The molecule has 2 fully saturated rings. The minimum absolute atomic E-state index is 0.00816. The third-order valence-corrected chi connectivity index (χ3v) is 4.95. The van der Waals surface area contributed by atoms with Crippen LogP contribution >= 0.6 is 0 Å². The molecule has 0 aliphatic carbocycles. The van der Waals surface area contributed by atoms with Gasteiger partial charge in [0.15, 0.2) is 0 Å². The number of carbonyl (C=O) groups excluding carboxylic acids is 1. The molecule has 23 heavy (non-hydrogen) atoms. The summed E-state index contributed by atoms with van der Waals surface area (Å²) in [5.41, 5.74) is 0.651. The van der Waals surface area contributed by atoms with E-state index in [1.54, 1.807) is 29.4 Å². The van der Waals surface area contributed by atoms with Gasteiger partial charge < -0.3 is 5.32 Å². The molecule has 2 unspecified atom stereocenters. The van der Waals surface area contributed by atoms with Gasteiger partial charge in [-0.25, -0.2) is 9.97 Å². The number of piperidine rings is 1. The molecule has 4 rings (SSSR count). The Morgan fingerprint density at radius 2 is 2.17 bits per heavy atom. The van der Waals surface area contributed by atoms with Crippen LogP contribution < -0.4 is 5.32 Å². The van der Waals surface area contributed by atoms with E-state index in [-0.39, 0.29) is 11.9 Å². The summed E-state index contributed by atoms with van der Waals surface area (Å²) in [6, 6.07) is 4.36. The van der Waals surface area contributed by atoms with E-state index >= 15 is 0 Å². The molecule has 0 spiro atoms. The van der Waals surface area contributed by atoms with Gasteiger partial charge >= 0.3 is 0 Å². The molecule has 2 atom stereocenters. The lowest BCUT2D eigenvalue weighted by Gasteiger charge is -2.32. The lowest BCUT2D eigenvalue weighted by Crippen LogP contribution is -2.46. The molecule has 0 bridgehead atoms. The van der Waals surface area contributed by atoms with Crippen LogP contribution in [0.15, 0.2) is 37.1 Å². The maximum Gasteiger partial charge on any atom is 0.251 e. The first kappa shape index (κ1) is 14.4. The Labute approximate surface area is 135 Å². The molecule has 2 aliphatic rings. The summed E-state index contributed by atoms with van der Waals surface area (Å²) < 4.78 is 1.80. The first-order valence-corrected chi connectivity index (χ1v) is 8.30. The normalized spacial score (nSPS) is 24.3. The first-order valence-electron chi connectivity index (χ1n) is 8.30. The molecule has 6 nitrogen and oxygen atoms in total. The van der Waals surface area contributed by atoms with Crippen molar-refractivity contribution >= 4 is 5.91 Å². The molecular weight excluding hydrogens is 290 g/mol. The fraction of sp³-hybridized carbons (Fsp3) is 0.471. The molecule has 0 saturated carbocycles. The number of rotatable bonds is 3. The van der Waals surface area contributed by atoms with Crippen molar-refractivity contribution in [2.24, 2.45) is 0 Å². The number of hydrogen-bond donors (Lipinski definition) is 1. The number of aromatic nitrogens is 3. The van der Waals surface area contributed by atoms with Crippen LogP contribution in [0.5, 0.6) is 0 Å². The monoisotopic (exact) mass is 311 g/mol. The maximum absolute atomic E-state index is 12.6. The zero-order valence-corrected chi connectivity index (χ0v) is 13.1. The van der Waals surface area contributed by atoms with Crippen LogP contribution in [0, 0.1) is 0 Å². The number of nitrogens with zero attached hydrogens (tertiary/aromatic N) is 4. The molecule has 0 aromatic carbocycles. The Morgan fingerprint density at radius 3 is 3.04 bits per heavy atom. The topological polar surface area (TPSA) is 63.1 Å². The van der Waals surface area contributed by atoms with Crippen molar-refractivity contribution in [1.82, 2.24) is 24.8 Å². The number of pyridine rings is 1. The van der Waals surface area contributed by atoms with Gasteiger partial charge in [-0.1, -0.05) is 6.42 Å². The van der Waals surface area contributed by atoms with E-state index in [1.807, 2.05) is 12.3 Å². The van der Waals surface area contributed by atoms with Crippen molar-refractivity contribution in [2.45, 2.75) is 37.8 Å². The van der Waals surface area contributed by atoms with E-state index in [4.69, 9.17) is 0 Å². The summed E-state index contributed by atoms with van der Waals surface area (Å²) >= 11 is 0. The minimum Gasteiger partial charge on any atom is -0.348 e. The average Bonchev–Trinajstić information content (AvgIpc) is 3.25. The van der Waals surface area contributed by atoms with Crippen LogP contribution in [0.3, 0.4) is 0 Å². The van der Waals surface area contributed by atoms with E-state index in [2.05, 4.69) is 20.2 Å². The molecule has 2 saturated heterocycles. The summed E-state index contributed by atoms with van der Waals surface area (Å²) in [6.45, 7) is 2.28. The Hall–Kier alpha value is -2.21. The van der Waals surface area contributed by atoms with Gasteiger partial charge in [0.25, 0.3) is 5.91 Å². The summed E-state index contributed by atoms with van der Waals surface area (Å²) in [5.74, 6) is 0.701. The first-order chi connectivity index (χ1) is 11.3. The molecule has 1 amide bonds. The molecule has 2 aromatic rings. The van der Waals surface area contributed by atoms with Crippen molar-refractivity contribution in [3.63, 3.8) is 0 Å². The Balaban J connectivity index is 1.48. The number of nitrogens with one attached hydrogen (secondary N) is 1. The van der Waals surface area contributed by atoms with Gasteiger partial charge in [0.2, 0.25) is 0 Å². The molecule has 0 radical (unpaired) electrons. The predicted molar refractivity (Wildman–Crippen MR) is 86.4 cm³/mol. The number of amides is 1. The number of imidazole rings is 1. The van der Waals surface area contributed by atoms with Gasteiger partial charge in [-0.3, -0.25) is 14.3 Å². The summed E-state index contributed by atoms with van der Waals surface area (Å²) in [7, 11) is 0. The predicted octanol–water partition coefficient (Wildman–Crippen LogP) is 1.62. The van der Waals surface area contributed by atoms with E-state index in [0.717, 1.165) is 13.0 Å². The third kappa shape index (κ3) is 2.86. The zero-order valence-electron chi connectivity index (χ0n) is 13.1. The molecule has 2 aliphatic heterocycles. The highest BCUT2D eigenvalue weighted by Gasteiger charge is 2.36. The second kappa shape index (κ2) is 6.12. The van der Waals surface area contributed by atoms with Crippen LogP contribution in [0.25, 0.3) is 5.82 Å². The summed E-state index contributed by atoms with van der Waals surface area (Å²) in [5, 5.41) is 3.23. The van der Waals surface area contributed by atoms with E-state index in [9.17, 15) is 4.79 Å². The maximum atomic E-state index is 12.6. The van der Waals surface area contributed by atoms with Gasteiger partial charge in [0.1, 0.15) is 12.1 Å². The van der Waals surface area contributed by atoms with Gasteiger partial charge in [0.05, 0.1) is 0 Å². The molecule has 4 heterocycles. The van der Waals surface area contributed by atoms with Crippen LogP contribution in [-0.4, -0.2) is 50.5 Å². The third-order valence-electron chi connectivity index (χ3n) is 4.95. The standard InChI is InChI=1S/C17H21N5O/c23-17(20-14-5-9-21-8-2-1-3-15(14)21)13-4-6-19-16(11-13)22-10-7-18-12-22/h4,6-7,10-12,14-15H,1-3,5,8-9H2,(H,20,23). The van der Waals surface area contributed by atoms with Crippen molar-refractivity contribution in [2.75, 3.05) is 13.1 Å². The molecule has 1 N–H and O–H groups in total. The second-order valence-corrected chi connectivity index (χ2v) is 6.34. The van der Waals surface area contributed by atoms with Crippen LogP contribution in [0.4, 0.5) is 0 Å². The van der Waals surface area contributed by atoms with E-state index in [0.29, 0.717) is 17.4 Å². The zero-order chi connectivity index (χ0) is 15.6. The van der Waals surface area contributed by atoms with Gasteiger partial charge in [0, 0.05) is 42.8 Å². The smallest absolute Gasteiger partial charge is 0.251 e. The molecule has 120 valence electrons. The van der Waals surface area contributed by atoms with Gasteiger partial charge in [-0.2, -0.15) is 0 Å².